The van der Waals surface area contributed by atoms with E-state index in [0.29, 0.717) is 5.84 Å². The van der Waals surface area contributed by atoms with E-state index in [1.54, 1.807) is 0 Å². The third-order valence-electron chi connectivity index (χ3n) is 2.80. The molecule has 0 saturated carbocycles. The van der Waals surface area contributed by atoms with E-state index in [1.807, 2.05) is 30.4 Å². The normalized spacial score (nSPS) is 16.6. The molecule has 0 spiro atoms. The molecule has 0 saturated heterocycles. The van der Waals surface area contributed by atoms with Gasteiger partial charge in [0.1, 0.15) is 0 Å². The molecule has 3 rings (SSSR count). The predicted octanol–water partition coefficient (Wildman–Crippen LogP) is -0.548. The molecule has 1 aromatic rings. The molecule has 2 aliphatic rings. The number of nitrogens with zero attached hydrogens (tertiary/aromatic N) is 1. The van der Waals surface area contributed by atoms with Crippen LogP contribution in [0.4, 0.5) is 0 Å². The van der Waals surface area contributed by atoms with Crippen LogP contribution in [0.5, 0.6) is 0 Å². The molecule has 1 aromatic carbocycles. The first-order chi connectivity index (χ1) is 8.38. The zero-order valence-corrected chi connectivity index (χ0v) is 9.14. The Morgan fingerprint density at radius 2 is 2.12 bits per heavy atom. The Hall–Kier alpha value is -2.33. The van der Waals surface area contributed by atoms with Crippen LogP contribution in [0.2, 0.25) is 0 Å². The second-order valence-corrected chi connectivity index (χ2v) is 3.84. The van der Waals surface area contributed by atoms with Gasteiger partial charge in [-0.05, 0) is 11.3 Å². The highest BCUT2D eigenvalue weighted by molar-refractivity contribution is 5.98. The van der Waals surface area contributed by atoms with Crippen molar-refractivity contribution in [3.05, 3.63) is 58.5 Å². The van der Waals surface area contributed by atoms with Crippen molar-refractivity contribution >= 4 is 17.6 Å². The highest BCUT2D eigenvalue weighted by atomic mass is 15.4. The lowest BCUT2D eigenvalue weighted by molar-refractivity contribution is 0.920. The Morgan fingerprint density at radius 3 is 3.00 bits per heavy atom. The van der Waals surface area contributed by atoms with Crippen molar-refractivity contribution in [3.8, 4) is 0 Å². The number of amidine groups is 1. The summed E-state index contributed by atoms with van der Waals surface area (Å²) in [6.45, 7) is 0. The van der Waals surface area contributed by atoms with Crippen LogP contribution in [-0.2, 0) is 0 Å². The van der Waals surface area contributed by atoms with E-state index in [2.05, 4.69) is 34.2 Å². The molecule has 17 heavy (non-hydrogen) atoms. The SMILES string of the molecule is NNC1=NNC2=c3ccccc3=CC=CC2=C1. The fraction of sp³-hybridized carbons (Fsp3) is 0. The van der Waals surface area contributed by atoms with Crippen molar-refractivity contribution in [1.29, 1.82) is 0 Å². The van der Waals surface area contributed by atoms with Gasteiger partial charge in [0, 0.05) is 10.8 Å². The Kier molecular flexibility index (Phi) is 2.27. The molecule has 4 nitrogen and oxygen atoms in total. The fourth-order valence-corrected chi connectivity index (χ4v) is 1.98. The Morgan fingerprint density at radius 1 is 1.24 bits per heavy atom. The van der Waals surface area contributed by atoms with Gasteiger partial charge in [-0.2, -0.15) is 5.10 Å². The van der Waals surface area contributed by atoms with E-state index in [1.165, 1.54) is 5.22 Å². The maximum absolute atomic E-state index is 5.35. The number of fused-ring (bicyclic) bond motifs is 2. The van der Waals surface area contributed by atoms with Gasteiger partial charge >= 0.3 is 0 Å². The number of rotatable bonds is 0. The summed E-state index contributed by atoms with van der Waals surface area (Å²) < 4.78 is 0. The van der Waals surface area contributed by atoms with Crippen LogP contribution in [0, 0.1) is 0 Å². The van der Waals surface area contributed by atoms with Crippen LogP contribution < -0.4 is 27.1 Å². The van der Waals surface area contributed by atoms with Crippen LogP contribution in [-0.4, -0.2) is 5.84 Å². The first kappa shape index (κ1) is 9.86. The lowest BCUT2D eigenvalue weighted by Gasteiger charge is -2.14. The van der Waals surface area contributed by atoms with E-state index in [0.717, 1.165) is 16.5 Å². The summed E-state index contributed by atoms with van der Waals surface area (Å²) in [5, 5.41) is 6.46. The summed E-state index contributed by atoms with van der Waals surface area (Å²) in [6.07, 6.45) is 8.06. The lowest BCUT2D eigenvalue weighted by atomic mass is 10.1. The van der Waals surface area contributed by atoms with Gasteiger partial charge in [-0.15, -0.1) is 0 Å². The van der Waals surface area contributed by atoms with Crippen molar-refractivity contribution < 1.29 is 0 Å². The molecule has 0 atom stereocenters. The van der Waals surface area contributed by atoms with E-state index in [4.69, 9.17) is 5.84 Å². The van der Waals surface area contributed by atoms with Gasteiger partial charge in [-0.25, -0.2) is 5.84 Å². The van der Waals surface area contributed by atoms with Gasteiger partial charge in [0.25, 0.3) is 0 Å². The summed E-state index contributed by atoms with van der Waals surface area (Å²) in [7, 11) is 0. The highest BCUT2D eigenvalue weighted by Crippen LogP contribution is 2.13. The van der Waals surface area contributed by atoms with Crippen molar-refractivity contribution in [2.45, 2.75) is 0 Å². The zero-order valence-electron chi connectivity index (χ0n) is 9.14. The maximum Gasteiger partial charge on any atom is 0.160 e. The van der Waals surface area contributed by atoms with E-state index in [-0.39, 0.29) is 0 Å². The van der Waals surface area contributed by atoms with Crippen LogP contribution in [0.25, 0.3) is 11.8 Å². The smallest absolute Gasteiger partial charge is 0.160 e. The second kappa shape index (κ2) is 3.92. The van der Waals surface area contributed by atoms with Gasteiger partial charge in [0.05, 0.1) is 5.70 Å². The molecule has 0 amide bonds. The number of benzene rings is 1. The molecule has 4 heteroatoms. The second-order valence-electron chi connectivity index (χ2n) is 3.84. The van der Waals surface area contributed by atoms with E-state index >= 15 is 0 Å². The minimum Gasteiger partial charge on any atom is -0.307 e. The molecule has 1 aliphatic carbocycles. The maximum atomic E-state index is 5.35. The van der Waals surface area contributed by atoms with Crippen LogP contribution in [0.1, 0.15) is 0 Å². The molecule has 0 aromatic heterocycles. The largest absolute Gasteiger partial charge is 0.307 e. The lowest BCUT2D eigenvalue weighted by Crippen LogP contribution is -2.36. The molecule has 84 valence electrons. The first-order valence-electron chi connectivity index (χ1n) is 5.38. The molecular formula is C13H12N4. The summed E-state index contributed by atoms with van der Waals surface area (Å²) in [5.74, 6) is 5.97. The monoisotopic (exact) mass is 224 g/mol. The minimum atomic E-state index is 0.618. The summed E-state index contributed by atoms with van der Waals surface area (Å²) in [4.78, 5) is 0. The molecule has 1 aliphatic heterocycles. The average molecular weight is 224 g/mol. The van der Waals surface area contributed by atoms with Crippen LogP contribution >= 0.6 is 0 Å². The quantitative estimate of drug-likeness (QED) is 0.409. The Balaban J connectivity index is 2.29. The zero-order chi connectivity index (χ0) is 11.7. The van der Waals surface area contributed by atoms with Crippen molar-refractivity contribution in [2.75, 3.05) is 0 Å². The van der Waals surface area contributed by atoms with Crippen molar-refractivity contribution in [2.24, 2.45) is 10.9 Å². The third kappa shape index (κ3) is 1.64. The topological polar surface area (TPSA) is 62.4 Å². The first-order valence-corrected chi connectivity index (χ1v) is 5.38. The summed E-state index contributed by atoms with van der Waals surface area (Å²) in [6, 6.07) is 8.20. The number of hydrogen-bond donors (Lipinski definition) is 3. The highest BCUT2D eigenvalue weighted by Gasteiger charge is 2.11. The number of allylic oxidation sites excluding steroid dienone is 1. The van der Waals surface area contributed by atoms with Crippen LogP contribution in [0.3, 0.4) is 0 Å². The molecule has 0 bridgehead atoms. The molecule has 1 heterocycles. The molecule has 0 radical (unpaired) electrons. The number of hydrazine groups is 1. The van der Waals surface area contributed by atoms with Crippen molar-refractivity contribution in [3.63, 3.8) is 0 Å². The van der Waals surface area contributed by atoms with Gasteiger partial charge in [0.15, 0.2) is 5.84 Å². The average Bonchev–Trinajstić information content (AvgIpc) is 2.57. The molecule has 0 unspecified atom stereocenters. The number of hydrogen-bond acceptors (Lipinski definition) is 4. The Bertz CT molecular complexity index is 665. The van der Waals surface area contributed by atoms with Gasteiger partial charge in [-0.3, -0.25) is 5.43 Å². The number of nitrogens with two attached hydrogens (primary N) is 1. The summed E-state index contributed by atoms with van der Waals surface area (Å²) in [5.41, 5.74) is 7.64. The molecular weight excluding hydrogens is 212 g/mol. The molecule has 4 N–H and O–H groups in total. The fourth-order valence-electron chi connectivity index (χ4n) is 1.98. The minimum absolute atomic E-state index is 0.618. The van der Waals surface area contributed by atoms with Gasteiger partial charge in [0.2, 0.25) is 0 Å². The van der Waals surface area contributed by atoms with E-state index in [9.17, 15) is 0 Å². The standard InChI is InChI=1S/C13H12N4/c14-15-12-8-10-6-3-5-9-4-1-2-7-11(9)13(10)17-16-12/h1-8,17H,14H2,(H,15,16). The van der Waals surface area contributed by atoms with Gasteiger partial charge in [-0.1, -0.05) is 42.5 Å². The van der Waals surface area contributed by atoms with Gasteiger partial charge < -0.3 is 5.43 Å². The van der Waals surface area contributed by atoms with Crippen molar-refractivity contribution in [1.82, 2.24) is 10.9 Å². The predicted molar refractivity (Wildman–Crippen MR) is 68.7 cm³/mol. The molecule has 0 fully saturated rings. The number of hydrazone groups is 1. The van der Waals surface area contributed by atoms with E-state index < -0.39 is 0 Å². The summed E-state index contributed by atoms with van der Waals surface area (Å²) >= 11 is 0. The van der Waals surface area contributed by atoms with Crippen LogP contribution in [0.15, 0.2) is 53.2 Å². The number of nitrogens with one attached hydrogen (secondary N) is 2. The Labute approximate surface area is 98.5 Å². The third-order valence-corrected chi connectivity index (χ3v) is 2.80.